The van der Waals surface area contributed by atoms with Crippen LogP contribution in [0, 0.1) is 0 Å². The highest BCUT2D eigenvalue weighted by Crippen LogP contribution is 2.31. The SMILES string of the molecule is CC(C)c1cc(Cl)c(N)c(Cl)c1. The van der Waals surface area contributed by atoms with E-state index in [1.54, 1.807) is 0 Å². The van der Waals surface area contributed by atoms with Crippen LogP contribution in [-0.2, 0) is 0 Å². The summed E-state index contributed by atoms with van der Waals surface area (Å²) in [7, 11) is 0. The van der Waals surface area contributed by atoms with Gasteiger partial charge in [-0.3, -0.25) is 0 Å². The number of anilines is 1. The molecule has 0 saturated carbocycles. The van der Waals surface area contributed by atoms with E-state index in [1.165, 1.54) is 0 Å². The number of halogens is 2. The molecule has 0 saturated heterocycles. The van der Waals surface area contributed by atoms with Gasteiger partial charge in [-0.25, -0.2) is 0 Å². The molecule has 0 heterocycles. The van der Waals surface area contributed by atoms with Gasteiger partial charge >= 0.3 is 0 Å². The first-order valence-corrected chi connectivity index (χ1v) is 4.52. The van der Waals surface area contributed by atoms with Gasteiger partial charge in [0.25, 0.3) is 0 Å². The van der Waals surface area contributed by atoms with Crippen molar-refractivity contribution in [1.29, 1.82) is 0 Å². The van der Waals surface area contributed by atoms with Crippen molar-refractivity contribution in [2.45, 2.75) is 19.8 Å². The molecule has 3 heteroatoms. The highest BCUT2D eigenvalue weighted by atomic mass is 35.5. The van der Waals surface area contributed by atoms with Gasteiger partial charge in [-0.2, -0.15) is 0 Å². The minimum Gasteiger partial charge on any atom is -0.396 e. The van der Waals surface area contributed by atoms with E-state index in [0.29, 0.717) is 21.7 Å². The minimum atomic E-state index is 0.417. The summed E-state index contributed by atoms with van der Waals surface area (Å²) in [5.74, 6) is 0.417. The van der Waals surface area contributed by atoms with Gasteiger partial charge in [0, 0.05) is 0 Å². The molecule has 1 nitrogen and oxygen atoms in total. The molecular formula is C9H11Cl2N. The Morgan fingerprint density at radius 3 is 1.92 bits per heavy atom. The molecule has 0 aliphatic carbocycles. The van der Waals surface area contributed by atoms with Crippen molar-refractivity contribution in [2.75, 3.05) is 5.73 Å². The maximum absolute atomic E-state index is 5.85. The quantitative estimate of drug-likeness (QED) is 0.693. The Morgan fingerprint density at radius 2 is 1.58 bits per heavy atom. The van der Waals surface area contributed by atoms with Crippen LogP contribution in [0.25, 0.3) is 0 Å². The monoisotopic (exact) mass is 203 g/mol. The first-order chi connectivity index (χ1) is 5.52. The molecule has 0 radical (unpaired) electrons. The van der Waals surface area contributed by atoms with E-state index >= 15 is 0 Å². The first kappa shape index (κ1) is 9.69. The van der Waals surface area contributed by atoms with Gasteiger partial charge in [0.2, 0.25) is 0 Å². The summed E-state index contributed by atoms with van der Waals surface area (Å²) in [6, 6.07) is 3.71. The molecule has 0 aromatic heterocycles. The molecule has 1 aromatic carbocycles. The predicted molar refractivity (Wildman–Crippen MR) is 55.0 cm³/mol. The molecule has 0 unspecified atom stereocenters. The van der Waals surface area contributed by atoms with Crippen molar-refractivity contribution < 1.29 is 0 Å². The van der Waals surface area contributed by atoms with E-state index in [4.69, 9.17) is 28.9 Å². The topological polar surface area (TPSA) is 26.0 Å². The minimum absolute atomic E-state index is 0.417. The molecule has 0 aliphatic heterocycles. The third-order valence-electron chi connectivity index (χ3n) is 1.77. The zero-order valence-corrected chi connectivity index (χ0v) is 8.58. The largest absolute Gasteiger partial charge is 0.396 e. The lowest BCUT2D eigenvalue weighted by Gasteiger charge is -2.08. The van der Waals surface area contributed by atoms with Crippen LogP contribution in [0.3, 0.4) is 0 Å². The molecule has 0 spiro atoms. The Labute approximate surface area is 82.5 Å². The molecule has 66 valence electrons. The van der Waals surface area contributed by atoms with Crippen molar-refractivity contribution >= 4 is 28.9 Å². The van der Waals surface area contributed by atoms with Gasteiger partial charge in [0.05, 0.1) is 15.7 Å². The highest BCUT2D eigenvalue weighted by molar-refractivity contribution is 6.38. The average molecular weight is 204 g/mol. The molecule has 0 fully saturated rings. The number of hydrogen-bond acceptors (Lipinski definition) is 1. The average Bonchev–Trinajstić information content (AvgIpc) is 1.99. The lowest BCUT2D eigenvalue weighted by molar-refractivity contribution is 0.867. The zero-order valence-electron chi connectivity index (χ0n) is 7.07. The summed E-state index contributed by atoms with van der Waals surface area (Å²) < 4.78 is 0. The fraction of sp³-hybridized carbons (Fsp3) is 0.333. The molecule has 0 aliphatic rings. The molecular weight excluding hydrogens is 193 g/mol. The third kappa shape index (κ3) is 1.85. The molecule has 0 bridgehead atoms. The van der Waals surface area contributed by atoms with Crippen molar-refractivity contribution in [3.05, 3.63) is 27.7 Å². The standard InChI is InChI=1S/C9H11Cl2N/c1-5(2)6-3-7(10)9(12)8(11)4-6/h3-5H,12H2,1-2H3. The Hall–Kier alpha value is -0.400. The highest BCUT2D eigenvalue weighted by Gasteiger charge is 2.06. The van der Waals surface area contributed by atoms with Crippen molar-refractivity contribution in [3.8, 4) is 0 Å². The van der Waals surface area contributed by atoms with Crippen LogP contribution < -0.4 is 5.73 Å². The summed E-state index contributed by atoms with van der Waals surface area (Å²) in [5.41, 5.74) is 7.16. The fourth-order valence-corrected chi connectivity index (χ4v) is 1.44. The zero-order chi connectivity index (χ0) is 9.30. The molecule has 0 atom stereocenters. The fourth-order valence-electron chi connectivity index (χ4n) is 0.937. The molecule has 12 heavy (non-hydrogen) atoms. The van der Waals surface area contributed by atoms with Gasteiger partial charge in [-0.05, 0) is 23.6 Å². The molecule has 0 amide bonds. The van der Waals surface area contributed by atoms with Gasteiger partial charge < -0.3 is 5.73 Å². The van der Waals surface area contributed by atoms with Crippen molar-refractivity contribution in [2.24, 2.45) is 0 Å². The normalized spacial score (nSPS) is 10.8. The summed E-state index contributed by atoms with van der Waals surface area (Å²) in [5, 5.41) is 1.07. The first-order valence-electron chi connectivity index (χ1n) is 3.76. The Bertz CT molecular complexity index is 272. The Kier molecular flexibility index (Phi) is 2.86. The smallest absolute Gasteiger partial charge is 0.0693 e. The lowest BCUT2D eigenvalue weighted by atomic mass is 10.0. The second-order valence-electron chi connectivity index (χ2n) is 3.05. The van der Waals surface area contributed by atoms with Crippen LogP contribution in [0.5, 0.6) is 0 Å². The van der Waals surface area contributed by atoms with E-state index in [1.807, 2.05) is 12.1 Å². The number of nitrogens with two attached hydrogens (primary N) is 1. The maximum Gasteiger partial charge on any atom is 0.0693 e. The summed E-state index contributed by atoms with van der Waals surface area (Å²) >= 11 is 11.7. The van der Waals surface area contributed by atoms with E-state index in [-0.39, 0.29) is 0 Å². The lowest BCUT2D eigenvalue weighted by Crippen LogP contribution is -1.92. The van der Waals surface area contributed by atoms with Crippen molar-refractivity contribution in [1.82, 2.24) is 0 Å². The van der Waals surface area contributed by atoms with Crippen LogP contribution in [0.4, 0.5) is 5.69 Å². The van der Waals surface area contributed by atoms with E-state index in [2.05, 4.69) is 13.8 Å². The van der Waals surface area contributed by atoms with Crippen molar-refractivity contribution in [3.63, 3.8) is 0 Å². The van der Waals surface area contributed by atoms with Crippen LogP contribution in [0.1, 0.15) is 25.3 Å². The Balaban J connectivity index is 3.21. The van der Waals surface area contributed by atoms with Gasteiger partial charge in [-0.15, -0.1) is 0 Å². The van der Waals surface area contributed by atoms with Crippen LogP contribution in [-0.4, -0.2) is 0 Å². The second kappa shape index (κ2) is 3.55. The van der Waals surface area contributed by atoms with Crippen LogP contribution >= 0.6 is 23.2 Å². The predicted octanol–water partition coefficient (Wildman–Crippen LogP) is 3.70. The summed E-state index contributed by atoms with van der Waals surface area (Å²) in [4.78, 5) is 0. The second-order valence-corrected chi connectivity index (χ2v) is 3.87. The molecule has 1 aromatic rings. The summed E-state index contributed by atoms with van der Waals surface area (Å²) in [6.45, 7) is 4.16. The van der Waals surface area contributed by atoms with Crippen LogP contribution in [0.2, 0.25) is 10.0 Å². The number of rotatable bonds is 1. The van der Waals surface area contributed by atoms with E-state index in [9.17, 15) is 0 Å². The summed E-state index contributed by atoms with van der Waals surface area (Å²) in [6.07, 6.45) is 0. The molecule has 1 rings (SSSR count). The van der Waals surface area contributed by atoms with Gasteiger partial charge in [0.1, 0.15) is 0 Å². The van der Waals surface area contributed by atoms with Gasteiger partial charge in [-0.1, -0.05) is 37.0 Å². The maximum atomic E-state index is 5.85. The van der Waals surface area contributed by atoms with Gasteiger partial charge in [0.15, 0.2) is 0 Å². The van der Waals surface area contributed by atoms with Crippen LogP contribution in [0.15, 0.2) is 12.1 Å². The number of hydrogen-bond donors (Lipinski definition) is 1. The number of nitrogen functional groups attached to an aromatic ring is 1. The molecule has 2 N–H and O–H groups in total. The number of benzene rings is 1. The van der Waals surface area contributed by atoms with E-state index in [0.717, 1.165) is 5.56 Å². The Morgan fingerprint density at radius 1 is 1.17 bits per heavy atom. The van der Waals surface area contributed by atoms with E-state index < -0.39 is 0 Å². The third-order valence-corrected chi connectivity index (χ3v) is 2.39.